The number of carbonyl (C=O) groups is 2. The molecule has 0 aromatic heterocycles. The van der Waals surface area contributed by atoms with Gasteiger partial charge in [0.2, 0.25) is 6.79 Å². The first-order valence-electron chi connectivity index (χ1n) is 11.8. The summed E-state index contributed by atoms with van der Waals surface area (Å²) >= 11 is 0. The first-order valence-corrected chi connectivity index (χ1v) is 11.8. The summed E-state index contributed by atoms with van der Waals surface area (Å²) in [5.74, 6) is -1.32. The summed E-state index contributed by atoms with van der Waals surface area (Å²) in [7, 11) is 0. The van der Waals surface area contributed by atoms with Crippen LogP contribution in [0.2, 0.25) is 0 Å². The summed E-state index contributed by atoms with van der Waals surface area (Å²) in [5.41, 5.74) is 0.624. The number of rotatable bonds is 3. The molecule has 188 valence electrons. The number of nitro benzene ring substituents is 1. The van der Waals surface area contributed by atoms with Gasteiger partial charge in [-0.1, -0.05) is 6.07 Å². The van der Waals surface area contributed by atoms with Crippen LogP contribution in [-0.2, 0) is 32.0 Å². The van der Waals surface area contributed by atoms with Crippen molar-refractivity contribution in [1.29, 1.82) is 0 Å². The number of anilines is 1. The van der Waals surface area contributed by atoms with Gasteiger partial charge in [-0.15, -0.1) is 0 Å². The fourth-order valence-electron chi connectivity index (χ4n) is 5.67. The maximum absolute atomic E-state index is 13.5. The quantitative estimate of drug-likeness (QED) is 0.272. The van der Waals surface area contributed by atoms with Gasteiger partial charge in [-0.2, -0.15) is 0 Å². The fourth-order valence-corrected chi connectivity index (χ4v) is 5.67. The third-order valence-corrected chi connectivity index (χ3v) is 7.33. The molecule has 2 fully saturated rings. The molecule has 4 aliphatic rings. The molecule has 6 rings (SSSR count). The van der Waals surface area contributed by atoms with Gasteiger partial charge in [0.05, 0.1) is 11.0 Å². The molecular formula is C25H25N3O8. The van der Waals surface area contributed by atoms with Crippen LogP contribution in [0.3, 0.4) is 0 Å². The molecule has 0 unspecified atom stereocenters. The van der Waals surface area contributed by atoms with Crippen LogP contribution in [0.4, 0.5) is 11.4 Å². The van der Waals surface area contributed by atoms with E-state index >= 15 is 0 Å². The van der Waals surface area contributed by atoms with Crippen molar-refractivity contribution in [2.24, 2.45) is 5.41 Å². The van der Waals surface area contributed by atoms with Gasteiger partial charge in [-0.05, 0) is 29.3 Å². The van der Waals surface area contributed by atoms with Gasteiger partial charge >= 0.3 is 11.9 Å². The lowest BCUT2D eigenvalue weighted by Crippen LogP contribution is -2.70. The number of hydrogen-bond acceptors (Lipinski definition) is 10. The van der Waals surface area contributed by atoms with Crippen molar-refractivity contribution in [2.45, 2.75) is 38.6 Å². The molecule has 2 aromatic rings. The van der Waals surface area contributed by atoms with Crippen LogP contribution in [0.15, 0.2) is 36.4 Å². The van der Waals surface area contributed by atoms with E-state index < -0.39 is 34.1 Å². The molecule has 4 aliphatic heterocycles. The van der Waals surface area contributed by atoms with Crippen LogP contribution in [0.5, 0.6) is 11.5 Å². The molecule has 2 aromatic carbocycles. The average Bonchev–Trinajstić information content (AvgIpc) is 3.29. The fraction of sp³-hybridized carbons (Fsp3) is 0.440. The molecule has 0 N–H and O–H groups in total. The molecule has 4 heterocycles. The number of hydrogen-bond donors (Lipinski definition) is 0. The first kappa shape index (κ1) is 22.6. The van der Waals surface area contributed by atoms with Gasteiger partial charge in [0, 0.05) is 64.3 Å². The van der Waals surface area contributed by atoms with Gasteiger partial charge in [0.25, 0.3) is 11.5 Å². The van der Waals surface area contributed by atoms with Crippen LogP contribution in [0.1, 0.15) is 25.0 Å². The van der Waals surface area contributed by atoms with E-state index in [2.05, 4.69) is 4.90 Å². The Morgan fingerprint density at radius 1 is 1.03 bits per heavy atom. The van der Waals surface area contributed by atoms with Crippen LogP contribution >= 0.6 is 0 Å². The Balaban J connectivity index is 1.37. The lowest BCUT2D eigenvalue weighted by molar-refractivity contribution is -0.384. The van der Waals surface area contributed by atoms with E-state index in [0.717, 1.165) is 11.3 Å². The highest BCUT2D eigenvalue weighted by molar-refractivity contribution is 6.04. The van der Waals surface area contributed by atoms with Gasteiger partial charge in [-0.3, -0.25) is 24.6 Å². The predicted octanol–water partition coefficient (Wildman–Crippen LogP) is 2.39. The molecule has 1 atom stereocenters. The van der Waals surface area contributed by atoms with Crippen molar-refractivity contribution in [3.05, 3.63) is 57.6 Å². The molecule has 0 radical (unpaired) electrons. The number of benzene rings is 2. The van der Waals surface area contributed by atoms with Crippen LogP contribution < -0.4 is 14.4 Å². The molecule has 0 bridgehead atoms. The minimum absolute atomic E-state index is 0.0310. The average molecular weight is 495 g/mol. The molecule has 36 heavy (non-hydrogen) atoms. The Bertz CT molecular complexity index is 1270. The number of fused-ring (bicyclic) bond motifs is 5. The second-order valence-electron chi connectivity index (χ2n) is 10.0. The maximum atomic E-state index is 13.5. The number of cyclic esters (lactones) is 2. The third kappa shape index (κ3) is 3.45. The lowest BCUT2D eigenvalue weighted by atomic mass is 9.69. The summed E-state index contributed by atoms with van der Waals surface area (Å²) in [6.07, 6.45) is -0.0310. The van der Waals surface area contributed by atoms with Crippen LogP contribution in [0.25, 0.3) is 0 Å². The summed E-state index contributed by atoms with van der Waals surface area (Å²) in [6, 6.07) is 9.80. The highest BCUT2D eigenvalue weighted by atomic mass is 16.7. The molecule has 11 heteroatoms. The van der Waals surface area contributed by atoms with Crippen molar-refractivity contribution >= 4 is 23.3 Å². The number of nitro groups is 1. The van der Waals surface area contributed by atoms with E-state index in [1.165, 1.54) is 26.0 Å². The maximum Gasteiger partial charge on any atom is 0.329 e. The van der Waals surface area contributed by atoms with E-state index in [4.69, 9.17) is 18.9 Å². The highest BCUT2D eigenvalue weighted by Gasteiger charge is 2.64. The van der Waals surface area contributed by atoms with Crippen molar-refractivity contribution in [3.8, 4) is 11.5 Å². The zero-order valence-electron chi connectivity index (χ0n) is 19.9. The minimum Gasteiger partial charge on any atom is -0.454 e. The number of esters is 2. The number of piperazine rings is 1. The summed E-state index contributed by atoms with van der Waals surface area (Å²) < 4.78 is 22.1. The van der Waals surface area contributed by atoms with Crippen molar-refractivity contribution in [3.63, 3.8) is 0 Å². The zero-order chi connectivity index (χ0) is 25.2. The largest absolute Gasteiger partial charge is 0.454 e. The number of ether oxygens (including phenoxy) is 4. The van der Waals surface area contributed by atoms with Crippen molar-refractivity contribution in [2.75, 3.05) is 31.3 Å². The van der Waals surface area contributed by atoms with Crippen molar-refractivity contribution < 1.29 is 33.5 Å². The number of nitrogens with zero attached hydrogens (tertiary/aromatic N) is 3. The smallest absolute Gasteiger partial charge is 0.329 e. The number of non-ortho nitro benzene ring substituents is 1. The van der Waals surface area contributed by atoms with Gasteiger partial charge in [0.15, 0.2) is 16.9 Å². The molecule has 1 spiro atoms. The van der Waals surface area contributed by atoms with Crippen LogP contribution in [0, 0.1) is 15.5 Å². The number of carbonyl (C=O) groups excluding carboxylic acids is 2. The van der Waals surface area contributed by atoms with Gasteiger partial charge < -0.3 is 23.8 Å². The Hall–Kier alpha value is -3.86. The monoisotopic (exact) mass is 495 g/mol. The van der Waals surface area contributed by atoms with Gasteiger partial charge in [0.1, 0.15) is 0 Å². The summed E-state index contributed by atoms with van der Waals surface area (Å²) in [5, 5.41) is 11.4. The minimum atomic E-state index is -1.63. The van der Waals surface area contributed by atoms with Crippen LogP contribution in [-0.4, -0.2) is 60.0 Å². The molecule has 2 saturated heterocycles. The van der Waals surface area contributed by atoms with E-state index in [-0.39, 0.29) is 18.9 Å². The Labute approximate surface area is 206 Å². The van der Waals surface area contributed by atoms with E-state index in [9.17, 15) is 19.7 Å². The summed E-state index contributed by atoms with van der Waals surface area (Å²) in [6.45, 7) is 5.39. The normalized spacial score (nSPS) is 23.5. The van der Waals surface area contributed by atoms with E-state index in [1.807, 2.05) is 23.1 Å². The first-order chi connectivity index (χ1) is 17.2. The second-order valence-corrected chi connectivity index (χ2v) is 10.0. The standard InChI is InChI=1S/C25H25N3O8/c1-24(2)35-22(29)25(23(30)36-24)11-16-10-17(28(31)32)4-5-18(16)27-8-7-26(13-21(25)27)12-15-3-6-19-20(9-15)34-14-33-19/h3-6,9-10,21H,7-8,11-14H2,1-2H3/t21-/m0/s1. The SMILES string of the molecule is CC1(C)OC(=O)C2(Cc3cc([N+](=O)[O-])ccc3N3CCN(Cc4ccc5c(c4)OCO5)C[C@H]32)C(=O)O1. The van der Waals surface area contributed by atoms with Crippen molar-refractivity contribution in [1.82, 2.24) is 4.90 Å². The molecule has 0 saturated carbocycles. The third-order valence-electron chi connectivity index (χ3n) is 7.33. The molecular weight excluding hydrogens is 470 g/mol. The molecule has 11 nitrogen and oxygen atoms in total. The second kappa shape index (κ2) is 7.82. The Kier molecular flexibility index (Phi) is 4.91. The van der Waals surface area contributed by atoms with E-state index in [1.54, 1.807) is 6.07 Å². The summed E-state index contributed by atoms with van der Waals surface area (Å²) in [4.78, 5) is 42.2. The Morgan fingerprint density at radius 2 is 1.78 bits per heavy atom. The Morgan fingerprint density at radius 3 is 2.53 bits per heavy atom. The zero-order valence-corrected chi connectivity index (χ0v) is 19.9. The van der Waals surface area contributed by atoms with Gasteiger partial charge in [-0.25, -0.2) is 0 Å². The lowest BCUT2D eigenvalue weighted by Gasteiger charge is -2.54. The highest BCUT2D eigenvalue weighted by Crippen LogP contribution is 2.48. The molecule has 0 aliphatic carbocycles. The van der Waals surface area contributed by atoms with E-state index in [0.29, 0.717) is 43.2 Å². The molecule has 0 amide bonds. The topological polar surface area (TPSA) is 121 Å². The predicted molar refractivity (Wildman–Crippen MR) is 124 cm³/mol.